The molecule has 0 radical (unpaired) electrons. The molecule has 4 rings (SSSR count). The number of benzene rings is 2. The summed E-state index contributed by atoms with van der Waals surface area (Å²) in [4.78, 5) is 36.4. The van der Waals surface area contributed by atoms with Crippen molar-refractivity contribution in [3.8, 4) is 11.5 Å². The van der Waals surface area contributed by atoms with E-state index in [1.54, 1.807) is 18.2 Å². The molecule has 150 valence electrons. The number of imide groups is 1. The lowest BCUT2D eigenvalue weighted by Crippen LogP contribution is -2.38. The average molecular weight is 396 g/mol. The van der Waals surface area contributed by atoms with E-state index >= 15 is 0 Å². The lowest BCUT2D eigenvalue weighted by molar-refractivity contribution is -0.150. The largest absolute Gasteiger partial charge is 0.486 e. The van der Waals surface area contributed by atoms with Crippen LogP contribution in [0.2, 0.25) is 0 Å². The van der Waals surface area contributed by atoms with E-state index < -0.39 is 29.9 Å². The van der Waals surface area contributed by atoms with Gasteiger partial charge < -0.3 is 19.5 Å². The van der Waals surface area contributed by atoms with Gasteiger partial charge in [0.25, 0.3) is 5.91 Å². The number of rotatable bonds is 5. The number of esters is 1. The van der Waals surface area contributed by atoms with E-state index in [-0.39, 0.29) is 0 Å². The van der Waals surface area contributed by atoms with Gasteiger partial charge in [0.1, 0.15) is 13.2 Å². The topological polar surface area (TPSA) is 103 Å². The third-order valence-electron chi connectivity index (χ3n) is 4.85. The summed E-state index contributed by atoms with van der Waals surface area (Å²) in [7, 11) is 0. The molecule has 2 aliphatic rings. The predicted octanol–water partition coefficient (Wildman–Crippen LogP) is 2.38. The molecule has 2 aromatic carbocycles. The van der Waals surface area contributed by atoms with Gasteiger partial charge in [-0.2, -0.15) is 0 Å². The first kappa shape index (κ1) is 18.8. The highest BCUT2D eigenvalue weighted by Crippen LogP contribution is 2.49. The molecular weight excluding hydrogens is 376 g/mol. The van der Waals surface area contributed by atoms with E-state index in [2.05, 4.69) is 10.6 Å². The third kappa shape index (κ3) is 4.16. The average Bonchev–Trinajstić information content (AvgIpc) is 3.54. The summed E-state index contributed by atoms with van der Waals surface area (Å²) in [6.07, 6.45) is 1.37. The van der Waals surface area contributed by atoms with Crippen molar-refractivity contribution < 1.29 is 28.6 Å². The molecule has 1 saturated carbocycles. The van der Waals surface area contributed by atoms with Gasteiger partial charge in [-0.1, -0.05) is 30.3 Å². The van der Waals surface area contributed by atoms with Crippen molar-refractivity contribution in [2.24, 2.45) is 0 Å². The van der Waals surface area contributed by atoms with Crippen molar-refractivity contribution in [3.63, 3.8) is 0 Å². The smallest absolute Gasteiger partial charge is 0.325 e. The number of fused-ring (bicyclic) bond motifs is 1. The molecule has 2 aromatic rings. The molecule has 8 heteroatoms. The number of amides is 3. The summed E-state index contributed by atoms with van der Waals surface area (Å²) in [5, 5.41) is 4.67. The van der Waals surface area contributed by atoms with Crippen LogP contribution in [0.1, 0.15) is 18.4 Å². The van der Waals surface area contributed by atoms with Gasteiger partial charge >= 0.3 is 12.0 Å². The zero-order valence-corrected chi connectivity index (χ0v) is 15.6. The lowest BCUT2D eigenvalue weighted by atomic mass is 9.96. The predicted molar refractivity (Wildman–Crippen MR) is 103 cm³/mol. The van der Waals surface area contributed by atoms with Gasteiger partial charge in [-0.25, -0.2) is 4.79 Å². The number of nitrogens with one attached hydrogen (secondary N) is 2. The zero-order chi connectivity index (χ0) is 20.3. The quantitative estimate of drug-likeness (QED) is 0.753. The fourth-order valence-electron chi connectivity index (χ4n) is 3.21. The summed E-state index contributed by atoms with van der Waals surface area (Å²) < 4.78 is 16.0. The molecule has 0 bridgehead atoms. The van der Waals surface area contributed by atoms with E-state index in [1.165, 1.54) is 0 Å². The monoisotopic (exact) mass is 396 g/mol. The van der Waals surface area contributed by atoms with Gasteiger partial charge in [-0.05, 0) is 30.5 Å². The highest BCUT2D eigenvalue weighted by atomic mass is 16.6. The van der Waals surface area contributed by atoms with Crippen molar-refractivity contribution in [2.75, 3.05) is 25.1 Å². The minimum absolute atomic E-state index is 0.428. The second-order valence-corrected chi connectivity index (χ2v) is 6.89. The Bertz CT molecular complexity index is 939. The first-order valence-corrected chi connectivity index (χ1v) is 9.30. The number of ether oxygens (including phenoxy) is 3. The van der Waals surface area contributed by atoms with Crippen molar-refractivity contribution in [1.82, 2.24) is 5.32 Å². The number of urea groups is 1. The summed E-state index contributed by atoms with van der Waals surface area (Å²) in [5.74, 6) is -0.0501. The van der Waals surface area contributed by atoms with Crippen LogP contribution in [0.3, 0.4) is 0 Å². The maximum Gasteiger partial charge on any atom is 0.325 e. The first-order valence-electron chi connectivity index (χ1n) is 9.30. The molecule has 8 nitrogen and oxygen atoms in total. The van der Waals surface area contributed by atoms with Crippen molar-refractivity contribution >= 4 is 23.6 Å². The van der Waals surface area contributed by atoms with E-state index in [0.29, 0.717) is 43.2 Å². The Kier molecular flexibility index (Phi) is 5.07. The molecule has 0 saturated heterocycles. The minimum atomic E-state index is -0.730. The Hall–Kier alpha value is -3.55. The Labute approximate surface area is 167 Å². The van der Waals surface area contributed by atoms with Crippen molar-refractivity contribution in [2.45, 2.75) is 18.3 Å². The lowest BCUT2D eigenvalue weighted by Gasteiger charge is -2.19. The molecule has 0 spiro atoms. The normalized spacial score (nSPS) is 15.7. The van der Waals surface area contributed by atoms with Crippen LogP contribution in [0.4, 0.5) is 10.5 Å². The summed E-state index contributed by atoms with van der Waals surface area (Å²) >= 11 is 0. The fraction of sp³-hybridized carbons (Fsp3) is 0.286. The van der Waals surface area contributed by atoms with E-state index in [4.69, 9.17) is 14.2 Å². The van der Waals surface area contributed by atoms with E-state index in [9.17, 15) is 14.4 Å². The highest BCUT2D eigenvalue weighted by molar-refractivity contribution is 6.02. The van der Waals surface area contributed by atoms with Crippen molar-refractivity contribution in [1.29, 1.82) is 0 Å². The van der Waals surface area contributed by atoms with Gasteiger partial charge in [0.15, 0.2) is 18.1 Å². The number of hydrogen-bond donors (Lipinski definition) is 2. The first-order chi connectivity index (χ1) is 14.1. The standard InChI is InChI=1S/C21H20N2O6/c24-18(13-29-19(25)21(8-9-21)14-4-2-1-3-5-14)23-20(26)22-15-6-7-16-17(12-15)28-11-10-27-16/h1-7,12H,8-11,13H2,(H2,22,23,24,26). The Morgan fingerprint density at radius 3 is 2.41 bits per heavy atom. The zero-order valence-electron chi connectivity index (χ0n) is 15.6. The van der Waals surface area contributed by atoms with Crippen molar-refractivity contribution in [3.05, 3.63) is 54.1 Å². The van der Waals surface area contributed by atoms with Crippen LogP contribution in [0.5, 0.6) is 11.5 Å². The molecule has 1 aliphatic carbocycles. The van der Waals surface area contributed by atoms with Crippen LogP contribution in [0.15, 0.2) is 48.5 Å². The van der Waals surface area contributed by atoms with E-state index in [1.807, 2.05) is 30.3 Å². The number of hydrogen-bond acceptors (Lipinski definition) is 6. The molecule has 0 atom stereocenters. The number of carbonyl (C=O) groups excluding carboxylic acids is 3. The molecule has 1 aliphatic heterocycles. The fourth-order valence-corrected chi connectivity index (χ4v) is 3.21. The van der Waals surface area contributed by atoms with Gasteiger partial charge in [0.2, 0.25) is 0 Å². The molecule has 1 heterocycles. The van der Waals surface area contributed by atoms with Crippen LogP contribution >= 0.6 is 0 Å². The molecule has 3 amide bonds. The summed E-state index contributed by atoms with van der Waals surface area (Å²) in [5.41, 5.74) is 0.647. The maximum atomic E-state index is 12.4. The molecular formula is C21H20N2O6. The van der Waals surface area contributed by atoms with Crippen LogP contribution in [-0.4, -0.2) is 37.7 Å². The molecule has 0 unspecified atom stereocenters. The molecule has 1 fully saturated rings. The SMILES string of the molecule is O=C(COC(=O)C1(c2ccccc2)CC1)NC(=O)Nc1ccc2c(c1)OCCO2. The van der Waals surface area contributed by atoms with Gasteiger partial charge in [0, 0.05) is 11.8 Å². The molecule has 0 aromatic heterocycles. The number of anilines is 1. The van der Waals surface area contributed by atoms with Crippen LogP contribution in [0, 0.1) is 0 Å². The van der Waals surface area contributed by atoms with Crippen LogP contribution in [0.25, 0.3) is 0 Å². The highest BCUT2D eigenvalue weighted by Gasteiger charge is 2.52. The van der Waals surface area contributed by atoms with E-state index in [0.717, 1.165) is 5.56 Å². The molecule has 29 heavy (non-hydrogen) atoms. The Morgan fingerprint density at radius 2 is 1.69 bits per heavy atom. The maximum absolute atomic E-state index is 12.4. The van der Waals surface area contributed by atoms with Crippen LogP contribution < -0.4 is 20.1 Å². The second-order valence-electron chi connectivity index (χ2n) is 6.89. The molecule has 2 N–H and O–H groups in total. The Morgan fingerprint density at radius 1 is 0.966 bits per heavy atom. The van der Waals surface area contributed by atoms with Crippen LogP contribution in [-0.2, 0) is 19.7 Å². The van der Waals surface area contributed by atoms with Gasteiger partial charge in [-0.3, -0.25) is 14.9 Å². The Balaban J connectivity index is 1.26. The second kappa shape index (κ2) is 7.83. The summed E-state index contributed by atoms with van der Waals surface area (Å²) in [6, 6.07) is 13.5. The number of carbonyl (C=O) groups is 3. The van der Waals surface area contributed by atoms with Gasteiger partial charge in [-0.15, -0.1) is 0 Å². The third-order valence-corrected chi connectivity index (χ3v) is 4.85. The van der Waals surface area contributed by atoms with Gasteiger partial charge in [0.05, 0.1) is 5.41 Å². The minimum Gasteiger partial charge on any atom is -0.486 e. The summed E-state index contributed by atoms with van der Waals surface area (Å²) in [6.45, 7) is 0.373.